The molecule has 0 fully saturated rings. The first kappa shape index (κ1) is 13.9. The monoisotopic (exact) mass is 218 g/mol. The largest absolute Gasteiger partial charge is 0.479 e. The number of rotatable bonds is 8. The summed E-state index contributed by atoms with van der Waals surface area (Å²) in [5, 5.41) is 19.5. The number of nitrogens with two attached hydrogens (primary N) is 1. The molecule has 88 valence electrons. The minimum absolute atomic E-state index is 0.243. The number of aliphatic carboxylic acids is 1. The van der Waals surface area contributed by atoms with Crippen LogP contribution in [0.3, 0.4) is 0 Å². The highest BCUT2D eigenvalue weighted by atomic mass is 16.4. The number of unbranched alkanes of at least 4 members (excludes halogenated alkanes) is 2. The first-order chi connectivity index (χ1) is 7.07. The summed E-state index contributed by atoms with van der Waals surface area (Å²) in [5.41, 5.74) is 5.28. The minimum atomic E-state index is -1.53. The molecule has 0 saturated heterocycles. The maximum atomic E-state index is 11.1. The van der Waals surface area contributed by atoms with Crippen molar-refractivity contribution in [3.05, 3.63) is 0 Å². The van der Waals surface area contributed by atoms with Gasteiger partial charge in [-0.15, -0.1) is 0 Å². The molecule has 1 atom stereocenters. The van der Waals surface area contributed by atoms with Crippen LogP contribution in [0.2, 0.25) is 0 Å². The van der Waals surface area contributed by atoms with E-state index >= 15 is 0 Å². The fraction of sp³-hybridized carbons (Fsp3) is 0.778. The Kier molecular flexibility index (Phi) is 7.57. The highest BCUT2D eigenvalue weighted by molar-refractivity contribution is 5.77. The molecule has 0 aromatic rings. The minimum Gasteiger partial charge on any atom is -0.479 e. The van der Waals surface area contributed by atoms with E-state index in [-0.39, 0.29) is 12.5 Å². The Hall–Kier alpha value is -1.14. The maximum Gasteiger partial charge on any atom is 0.334 e. The lowest BCUT2D eigenvalue weighted by molar-refractivity contribution is -0.146. The molecule has 0 spiro atoms. The van der Waals surface area contributed by atoms with Crippen LogP contribution in [0, 0.1) is 0 Å². The van der Waals surface area contributed by atoms with Gasteiger partial charge in [0.05, 0.1) is 6.54 Å². The van der Waals surface area contributed by atoms with Crippen molar-refractivity contribution in [2.75, 3.05) is 13.1 Å². The van der Waals surface area contributed by atoms with E-state index in [1.165, 1.54) is 0 Å². The molecule has 0 heterocycles. The maximum absolute atomic E-state index is 11.1. The van der Waals surface area contributed by atoms with E-state index in [1.54, 1.807) is 0 Å². The predicted octanol–water partition coefficient (Wildman–Crippen LogP) is -0.933. The van der Waals surface area contributed by atoms with E-state index in [0.29, 0.717) is 13.0 Å². The van der Waals surface area contributed by atoms with Gasteiger partial charge in [-0.3, -0.25) is 4.79 Å². The number of hydrogen-bond donors (Lipinski definition) is 4. The van der Waals surface area contributed by atoms with Gasteiger partial charge in [0.1, 0.15) is 0 Å². The molecule has 0 aromatic carbocycles. The van der Waals surface area contributed by atoms with Crippen molar-refractivity contribution in [1.29, 1.82) is 0 Å². The zero-order valence-electron chi connectivity index (χ0n) is 8.61. The lowest BCUT2D eigenvalue weighted by Crippen LogP contribution is -2.36. The van der Waals surface area contributed by atoms with Gasteiger partial charge in [-0.2, -0.15) is 0 Å². The van der Waals surface area contributed by atoms with Crippen LogP contribution in [0.15, 0.2) is 0 Å². The van der Waals surface area contributed by atoms with Gasteiger partial charge < -0.3 is 21.3 Å². The lowest BCUT2D eigenvalue weighted by atomic mass is 10.2. The molecule has 6 heteroatoms. The van der Waals surface area contributed by atoms with E-state index in [9.17, 15) is 9.59 Å². The van der Waals surface area contributed by atoms with E-state index in [0.717, 1.165) is 19.3 Å². The summed E-state index contributed by atoms with van der Waals surface area (Å²) in [4.78, 5) is 21.3. The van der Waals surface area contributed by atoms with Crippen molar-refractivity contribution in [2.45, 2.75) is 31.8 Å². The molecule has 0 aromatic heterocycles. The smallest absolute Gasteiger partial charge is 0.334 e. The summed E-state index contributed by atoms with van der Waals surface area (Å²) < 4.78 is 0. The van der Waals surface area contributed by atoms with Crippen LogP contribution in [-0.4, -0.2) is 41.3 Å². The van der Waals surface area contributed by atoms with Gasteiger partial charge in [-0.25, -0.2) is 4.79 Å². The second-order valence-corrected chi connectivity index (χ2v) is 3.26. The third-order valence-electron chi connectivity index (χ3n) is 1.89. The Morgan fingerprint density at radius 3 is 2.47 bits per heavy atom. The number of aliphatic hydroxyl groups excluding tert-OH is 1. The molecule has 0 bridgehead atoms. The molecule has 0 rings (SSSR count). The van der Waals surface area contributed by atoms with Crippen LogP contribution in [0.25, 0.3) is 0 Å². The summed E-state index contributed by atoms with van der Waals surface area (Å²) in [7, 11) is 0. The molecular formula is C9H18N2O4. The first-order valence-corrected chi connectivity index (χ1v) is 4.95. The fourth-order valence-corrected chi connectivity index (χ4v) is 0.993. The first-order valence-electron chi connectivity index (χ1n) is 4.95. The van der Waals surface area contributed by atoms with Gasteiger partial charge in [0, 0.05) is 6.42 Å². The summed E-state index contributed by atoms with van der Waals surface area (Å²) in [5.74, 6) is -1.58. The molecular weight excluding hydrogens is 200 g/mol. The zero-order valence-corrected chi connectivity index (χ0v) is 8.61. The van der Waals surface area contributed by atoms with Gasteiger partial charge in [-0.1, -0.05) is 6.42 Å². The van der Waals surface area contributed by atoms with Gasteiger partial charge >= 0.3 is 5.97 Å². The zero-order chi connectivity index (χ0) is 11.7. The van der Waals surface area contributed by atoms with Crippen molar-refractivity contribution >= 4 is 11.9 Å². The average molecular weight is 218 g/mol. The summed E-state index contributed by atoms with van der Waals surface area (Å²) in [6, 6.07) is 0. The number of carboxylic acids is 1. The van der Waals surface area contributed by atoms with Crippen LogP contribution < -0.4 is 11.1 Å². The highest BCUT2D eigenvalue weighted by Crippen LogP contribution is 1.98. The lowest BCUT2D eigenvalue weighted by Gasteiger charge is -2.07. The fourth-order valence-electron chi connectivity index (χ4n) is 0.993. The van der Waals surface area contributed by atoms with Crippen LogP contribution in [0.1, 0.15) is 25.7 Å². The third-order valence-corrected chi connectivity index (χ3v) is 1.89. The number of carbonyl (C=O) groups excluding carboxylic acids is 1. The topological polar surface area (TPSA) is 113 Å². The van der Waals surface area contributed by atoms with Gasteiger partial charge in [0.15, 0.2) is 6.10 Å². The molecule has 0 aliphatic rings. The Morgan fingerprint density at radius 2 is 1.93 bits per heavy atom. The quantitative estimate of drug-likeness (QED) is 0.393. The Labute approximate surface area is 88.5 Å². The van der Waals surface area contributed by atoms with E-state index in [2.05, 4.69) is 5.32 Å². The van der Waals surface area contributed by atoms with Crippen molar-refractivity contribution < 1.29 is 19.8 Å². The molecule has 0 radical (unpaired) electrons. The SMILES string of the molecule is NCCCCCC(=O)NCC(O)C(=O)O. The Bertz CT molecular complexity index is 208. The Balaban J connectivity index is 3.45. The number of amides is 1. The summed E-state index contributed by atoms with van der Waals surface area (Å²) >= 11 is 0. The van der Waals surface area contributed by atoms with E-state index in [1.807, 2.05) is 0 Å². The molecule has 5 N–H and O–H groups in total. The second kappa shape index (κ2) is 8.19. The summed E-state index contributed by atoms with van der Waals surface area (Å²) in [6.45, 7) is 0.365. The number of carboxylic acid groups (broad SMARTS) is 1. The number of carbonyl (C=O) groups is 2. The van der Waals surface area contributed by atoms with Crippen molar-refractivity contribution in [2.24, 2.45) is 5.73 Å². The van der Waals surface area contributed by atoms with Crippen LogP contribution >= 0.6 is 0 Å². The van der Waals surface area contributed by atoms with Gasteiger partial charge in [0.2, 0.25) is 5.91 Å². The van der Waals surface area contributed by atoms with Crippen LogP contribution in [0.5, 0.6) is 0 Å². The number of hydrogen-bond acceptors (Lipinski definition) is 4. The summed E-state index contributed by atoms with van der Waals surface area (Å²) in [6.07, 6.45) is 1.30. The van der Waals surface area contributed by atoms with Crippen LogP contribution in [0.4, 0.5) is 0 Å². The molecule has 15 heavy (non-hydrogen) atoms. The highest BCUT2D eigenvalue weighted by Gasteiger charge is 2.13. The van der Waals surface area contributed by atoms with Gasteiger partial charge in [0.25, 0.3) is 0 Å². The van der Waals surface area contributed by atoms with Crippen molar-refractivity contribution in [3.63, 3.8) is 0 Å². The van der Waals surface area contributed by atoms with Crippen molar-refractivity contribution in [1.82, 2.24) is 5.32 Å². The molecule has 6 nitrogen and oxygen atoms in total. The van der Waals surface area contributed by atoms with Crippen molar-refractivity contribution in [3.8, 4) is 0 Å². The molecule has 1 amide bonds. The predicted molar refractivity (Wildman–Crippen MR) is 54.2 cm³/mol. The third kappa shape index (κ3) is 7.90. The normalized spacial score (nSPS) is 12.1. The molecule has 1 unspecified atom stereocenters. The van der Waals surface area contributed by atoms with Crippen LogP contribution in [-0.2, 0) is 9.59 Å². The number of aliphatic hydroxyl groups is 1. The Morgan fingerprint density at radius 1 is 1.27 bits per heavy atom. The van der Waals surface area contributed by atoms with E-state index < -0.39 is 12.1 Å². The number of nitrogens with one attached hydrogen (secondary N) is 1. The molecule has 0 aliphatic carbocycles. The van der Waals surface area contributed by atoms with E-state index in [4.69, 9.17) is 15.9 Å². The average Bonchev–Trinajstić information content (AvgIpc) is 2.20. The standard InChI is InChI=1S/C9H18N2O4/c10-5-3-1-2-4-8(13)11-6-7(12)9(14)15/h7,12H,1-6,10H2,(H,11,13)(H,14,15). The second-order valence-electron chi connectivity index (χ2n) is 3.26. The molecule has 0 saturated carbocycles. The van der Waals surface area contributed by atoms with Gasteiger partial charge in [-0.05, 0) is 19.4 Å². The molecule has 0 aliphatic heterocycles.